The molecule has 1 aliphatic rings. The van der Waals surface area contributed by atoms with Crippen LogP contribution >= 0.6 is 34.8 Å². The van der Waals surface area contributed by atoms with Gasteiger partial charge in [0, 0.05) is 48.8 Å². The lowest BCUT2D eigenvalue weighted by Gasteiger charge is -2.27. The van der Waals surface area contributed by atoms with Gasteiger partial charge in [0.25, 0.3) is 0 Å². The Kier molecular flexibility index (Phi) is 5.43. The monoisotopic (exact) mass is 371 g/mol. The van der Waals surface area contributed by atoms with Crippen LogP contribution in [0, 0.1) is 0 Å². The van der Waals surface area contributed by atoms with Crippen molar-refractivity contribution in [1.29, 1.82) is 0 Å². The van der Waals surface area contributed by atoms with E-state index in [1.165, 1.54) is 0 Å². The van der Waals surface area contributed by atoms with Crippen LogP contribution in [-0.2, 0) is 6.54 Å². The Bertz CT molecular complexity index is 689. The van der Waals surface area contributed by atoms with E-state index in [4.69, 9.17) is 34.8 Å². The summed E-state index contributed by atoms with van der Waals surface area (Å²) in [5.74, 6) is 1.31. The van der Waals surface area contributed by atoms with Crippen LogP contribution in [0.1, 0.15) is 5.56 Å². The van der Waals surface area contributed by atoms with Crippen LogP contribution in [-0.4, -0.2) is 36.1 Å². The molecule has 0 unspecified atom stereocenters. The molecular weight excluding hydrogens is 357 g/mol. The Morgan fingerprint density at radius 2 is 1.87 bits per heavy atom. The highest BCUT2D eigenvalue weighted by Gasteiger charge is 2.14. The van der Waals surface area contributed by atoms with Crippen molar-refractivity contribution < 1.29 is 0 Å². The molecule has 0 aliphatic carbocycles. The number of halogens is 3. The van der Waals surface area contributed by atoms with Gasteiger partial charge in [0.1, 0.15) is 11.0 Å². The van der Waals surface area contributed by atoms with Gasteiger partial charge in [0.05, 0.1) is 0 Å². The molecule has 2 heterocycles. The third kappa shape index (κ3) is 4.38. The van der Waals surface area contributed by atoms with E-state index in [0.29, 0.717) is 33.5 Å². The lowest BCUT2D eigenvalue weighted by atomic mass is 10.2. The lowest BCUT2D eigenvalue weighted by Crippen LogP contribution is -2.44. The van der Waals surface area contributed by atoms with E-state index in [1.54, 1.807) is 12.1 Å². The highest BCUT2D eigenvalue weighted by Crippen LogP contribution is 2.23. The summed E-state index contributed by atoms with van der Waals surface area (Å²) in [6.07, 6.45) is 0. The van der Waals surface area contributed by atoms with Gasteiger partial charge in [-0.15, -0.1) is 0 Å². The summed E-state index contributed by atoms with van der Waals surface area (Å²) in [6.45, 7) is 4.09. The predicted molar refractivity (Wildman–Crippen MR) is 95.9 cm³/mol. The van der Waals surface area contributed by atoms with Gasteiger partial charge in [-0.3, -0.25) is 0 Å². The normalized spacial score (nSPS) is 14.8. The summed E-state index contributed by atoms with van der Waals surface area (Å²) in [5.41, 5.74) is 0.939. The van der Waals surface area contributed by atoms with E-state index < -0.39 is 0 Å². The van der Waals surface area contributed by atoms with Crippen LogP contribution in [0.4, 0.5) is 11.8 Å². The molecule has 1 aromatic heterocycles. The van der Waals surface area contributed by atoms with Crippen LogP contribution in [0.2, 0.25) is 15.2 Å². The van der Waals surface area contributed by atoms with Gasteiger partial charge in [-0.05, 0) is 17.7 Å². The summed E-state index contributed by atoms with van der Waals surface area (Å²) in [4.78, 5) is 11.0. The van der Waals surface area contributed by atoms with Crippen LogP contribution in [0.3, 0.4) is 0 Å². The number of aromatic nitrogens is 2. The zero-order valence-corrected chi connectivity index (χ0v) is 14.6. The van der Waals surface area contributed by atoms with E-state index in [0.717, 1.165) is 31.7 Å². The number of anilines is 2. The minimum absolute atomic E-state index is 0.415. The molecule has 0 spiro atoms. The molecule has 0 radical (unpaired) electrons. The predicted octanol–water partition coefficient (Wildman–Crippen LogP) is 3.46. The molecule has 8 heteroatoms. The number of nitrogens with one attached hydrogen (secondary N) is 2. The SMILES string of the molecule is Clc1ccc(CNc2cc(Cl)nc(N3CCNCC3)n2)c(Cl)c1. The molecule has 5 nitrogen and oxygen atoms in total. The Labute approximate surface area is 150 Å². The van der Waals surface area contributed by atoms with Crippen LogP contribution in [0.5, 0.6) is 0 Å². The molecule has 1 aliphatic heterocycles. The van der Waals surface area contributed by atoms with Gasteiger partial charge in [0.2, 0.25) is 5.95 Å². The van der Waals surface area contributed by atoms with Gasteiger partial charge in [-0.25, -0.2) is 4.98 Å². The first-order chi connectivity index (χ1) is 11.1. The fraction of sp³-hybridized carbons (Fsp3) is 0.333. The minimum Gasteiger partial charge on any atom is -0.366 e. The minimum atomic E-state index is 0.415. The Morgan fingerprint density at radius 3 is 2.61 bits per heavy atom. The van der Waals surface area contributed by atoms with Crippen molar-refractivity contribution in [3.8, 4) is 0 Å². The average molecular weight is 373 g/mol. The van der Waals surface area contributed by atoms with Crippen molar-refractivity contribution in [2.75, 3.05) is 36.4 Å². The topological polar surface area (TPSA) is 53.1 Å². The number of benzene rings is 1. The largest absolute Gasteiger partial charge is 0.366 e. The van der Waals surface area contributed by atoms with Crippen molar-refractivity contribution in [3.63, 3.8) is 0 Å². The van der Waals surface area contributed by atoms with Crippen molar-refractivity contribution in [2.45, 2.75) is 6.54 Å². The molecule has 122 valence electrons. The summed E-state index contributed by atoms with van der Waals surface area (Å²) >= 11 is 18.2. The number of nitrogens with zero attached hydrogens (tertiary/aromatic N) is 3. The first-order valence-corrected chi connectivity index (χ1v) is 8.43. The zero-order chi connectivity index (χ0) is 16.2. The maximum atomic E-state index is 6.18. The van der Waals surface area contributed by atoms with Crippen molar-refractivity contribution in [3.05, 3.63) is 45.0 Å². The highest BCUT2D eigenvalue weighted by molar-refractivity contribution is 6.35. The Morgan fingerprint density at radius 1 is 1.09 bits per heavy atom. The maximum absolute atomic E-state index is 6.18. The second kappa shape index (κ2) is 7.53. The summed E-state index contributed by atoms with van der Waals surface area (Å²) in [6, 6.07) is 7.12. The first kappa shape index (κ1) is 16.6. The molecule has 1 saturated heterocycles. The summed E-state index contributed by atoms with van der Waals surface area (Å²) in [7, 11) is 0. The maximum Gasteiger partial charge on any atom is 0.228 e. The highest BCUT2D eigenvalue weighted by atomic mass is 35.5. The molecule has 0 amide bonds. The van der Waals surface area contributed by atoms with Gasteiger partial charge >= 0.3 is 0 Å². The van der Waals surface area contributed by atoms with Gasteiger partial charge in [-0.2, -0.15) is 4.98 Å². The van der Waals surface area contributed by atoms with Gasteiger partial charge < -0.3 is 15.5 Å². The molecule has 0 saturated carbocycles. The second-order valence-corrected chi connectivity index (χ2v) is 6.43. The van der Waals surface area contributed by atoms with E-state index in [1.807, 2.05) is 12.1 Å². The third-order valence-corrected chi connectivity index (χ3v) is 4.34. The zero-order valence-electron chi connectivity index (χ0n) is 12.3. The Balaban J connectivity index is 1.73. The molecule has 2 aromatic rings. The van der Waals surface area contributed by atoms with Gasteiger partial charge in [0.15, 0.2) is 0 Å². The van der Waals surface area contributed by atoms with E-state index in [2.05, 4.69) is 25.5 Å². The van der Waals surface area contributed by atoms with Crippen LogP contribution in [0.15, 0.2) is 24.3 Å². The second-order valence-electron chi connectivity index (χ2n) is 5.20. The quantitative estimate of drug-likeness (QED) is 0.805. The van der Waals surface area contributed by atoms with E-state index in [9.17, 15) is 0 Å². The first-order valence-electron chi connectivity index (χ1n) is 7.30. The number of hydrogen-bond donors (Lipinski definition) is 2. The van der Waals surface area contributed by atoms with Gasteiger partial charge in [-0.1, -0.05) is 40.9 Å². The lowest BCUT2D eigenvalue weighted by molar-refractivity contribution is 0.580. The molecule has 23 heavy (non-hydrogen) atoms. The van der Waals surface area contributed by atoms with Crippen molar-refractivity contribution in [1.82, 2.24) is 15.3 Å². The molecule has 1 aromatic carbocycles. The number of piperazine rings is 1. The molecule has 2 N–H and O–H groups in total. The summed E-state index contributed by atoms with van der Waals surface area (Å²) in [5, 5.41) is 8.18. The third-order valence-electron chi connectivity index (χ3n) is 3.56. The van der Waals surface area contributed by atoms with E-state index in [-0.39, 0.29) is 0 Å². The smallest absolute Gasteiger partial charge is 0.228 e. The van der Waals surface area contributed by atoms with Crippen molar-refractivity contribution in [2.24, 2.45) is 0 Å². The fourth-order valence-corrected chi connectivity index (χ4v) is 3.01. The van der Waals surface area contributed by atoms with Crippen molar-refractivity contribution >= 4 is 46.6 Å². The molecule has 0 bridgehead atoms. The number of rotatable bonds is 4. The molecule has 1 fully saturated rings. The van der Waals surface area contributed by atoms with Crippen LogP contribution in [0.25, 0.3) is 0 Å². The molecular formula is C15H16Cl3N5. The average Bonchev–Trinajstić information content (AvgIpc) is 2.54. The standard InChI is InChI=1S/C15H16Cl3N5/c16-11-2-1-10(12(17)7-11)9-20-14-8-13(18)21-15(22-14)23-5-3-19-4-6-23/h1-2,7-8,19H,3-6,9H2,(H,20,21,22). The summed E-state index contributed by atoms with van der Waals surface area (Å²) < 4.78 is 0. The fourth-order valence-electron chi connectivity index (χ4n) is 2.35. The molecule has 3 rings (SSSR count). The number of hydrogen-bond acceptors (Lipinski definition) is 5. The van der Waals surface area contributed by atoms with Crippen LogP contribution < -0.4 is 15.5 Å². The molecule has 0 atom stereocenters. The Hall–Kier alpha value is -1.27. The van der Waals surface area contributed by atoms with E-state index >= 15 is 0 Å².